The van der Waals surface area contributed by atoms with Crippen LogP contribution in [0.25, 0.3) is 0 Å². The van der Waals surface area contributed by atoms with Gasteiger partial charge in [0.25, 0.3) is 0 Å². The first kappa shape index (κ1) is 20.5. The van der Waals surface area contributed by atoms with E-state index in [-0.39, 0.29) is 11.6 Å². The van der Waals surface area contributed by atoms with E-state index in [4.69, 9.17) is 0 Å². The van der Waals surface area contributed by atoms with Gasteiger partial charge in [-0.05, 0) is 0 Å². The Hall–Kier alpha value is -2.40. The van der Waals surface area contributed by atoms with Gasteiger partial charge in [-0.15, -0.1) is 0 Å². The van der Waals surface area contributed by atoms with Crippen molar-refractivity contribution in [2.75, 3.05) is 11.4 Å². The van der Waals surface area contributed by atoms with E-state index in [2.05, 4.69) is 98.5 Å². The van der Waals surface area contributed by atoms with Crippen molar-refractivity contribution < 1.29 is 4.79 Å². The molecule has 0 spiro atoms. The molecule has 1 amide bonds. The third kappa shape index (κ3) is 3.00. The van der Waals surface area contributed by atoms with Crippen LogP contribution in [0.1, 0.15) is 6.42 Å². The predicted octanol–water partition coefficient (Wildman–Crippen LogP) is 4.48. The molecule has 156 valence electrons. The summed E-state index contributed by atoms with van der Waals surface area (Å²) in [6, 6.07) is 31.4. The van der Waals surface area contributed by atoms with E-state index in [1.54, 1.807) is 10.4 Å². The topological polar surface area (TPSA) is 46.1 Å². The van der Waals surface area contributed by atoms with E-state index in [0.717, 1.165) is 22.3 Å². The number of rotatable bonds is 5. The van der Waals surface area contributed by atoms with Crippen molar-refractivity contribution in [3.63, 3.8) is 0 Å². The second-order valence-corrected chi connectivity index (χ2v) is 17.1. The third-order valence-corrected chi connectivity index (χ3v) is 17.6. The Morgan fingerprint density at radius 3 is 1.74 bits per heavy atom. The minimum atomic E-state index is -3.35. The summed E-state index contributed by atoms with van der Waals surface area (Å²) in [6.07, 6.45) is 0.736. The fourth-order valence-electron chi connectivity index (χ4n) is 4.74. The van der Waals surface area contributed by atoms with Crippen molar-refractivity contribution in [3.8, 4) is 0 Å². The zero-order chi connectivity index (χ0) is 21.3. The molecule has 0 N–H and O–H groups in total. The van der Waals surface area contributed by atoms with Crippen LogP contribution in [0, 0.1) is 0 Å². The fraction of sp³-hybridized carbons (Fsp3) is 0.125. The monoisotopic (exact) mass is 509 g/mol. The van der Waals surface area contributed by atoms with Crippen LogP contribution in [-0.2, 0) is 4.79 Å². The molecule has 1 unspecified atom stereocenters. The number of carbonyl (C=O) groups excluding carboxylic acids is 1. The van der Waals surface area contributed by atoms with E-state index < -0.39 is 5.31 Å². The summed E-state index contributed by atoms with van der Waals surface area (Å²) in [5.74, 6) is 0.0999. The minimum absolute atomic E-state index is 0.0999. The van der Waals surface area contributed by atoms with Crippen molar-refractivity contribution in [2.24, 2.45) is 0 Å². The van der Waals surface area contributed by atoms with Crippen molar-refractivity contribution in [3.05, 3.63) is 96.5 Å². The number of anilines is 1. The number of nitrogens with zero attached hydrogens (tertiary/aromatic N) is 3. The quantitative estimate of drug-likeness (QED) is 0.372. The number of hydrogen-bond donors (Lipinski definition) is 0. The first-order valence-corrected chi connectivity index (χ1v) is 15.3. The van der Waals surface area contributed by atoms with Gasteiger partial charge in [0.1, 0.15) is 0 Å². The maximum absolute atomic E-state index is 14.0. The number of hydrogen-bond acceptors (Lipinski definition) is 4. The van der Waals surface area contributed by atoms with Crippen molar-refractivity contribution in [1.29, 1.82) is 0 Å². The van der Waals surface area contributed by atoms with Gasteiger partial charge in [0.2, 0.25) is 0 Å². The molecule has 5 rings (SSSR count). The third-order valence-electron chi connectivity index (χ3n) is 6.13. The van der Waals surface area contributed by atoms with E-state index in [1.807, 2.05) is 18.2 Å². The van der Waals surface area contributed by atoms with Crippen LogP contribution in [0.3, 0.4) is 0 Å². The fourth-order valence-corrected chi connectivity index (χ4v) is 14.0. The van der Waals surface area contributed by atoms with Crippen LogP contribution in [0.5, 0.6) is 0 Å². The molecule has 1 atom stereocenters. The summed E-state index contributed by atoms with van der Waals surface area (Å²) in [7, 11) is 0. The van der Waals surface area contributed by atoms with Crippen LogP contribution in [0.2, 0.25) is 0 Å². The molecule has 2 heterocycles. The molecule has 4 aromatic rings. The average molecular weight is 510 g/mol. The van der Waals surface area contributed by atoms with Crippen LogP contribution in [0.4, 0.5) is 5.13 Å². The molecule has 0 radical (unpaired) electrons. The van der Waals surface area contributed by atoms with Crippen LogP contribution in [0.15, 0.2) is 96.5 Å². The zero-order valence-corrected chi connectivity index (χ0v) is 20.0. The summed E-state index contributed by atoms with van der Waals surface area (Å²) in [5, 5.41) is 8.91. The molecule has 0 saturated carbocycles. The summed E-state index contributed by atoms with van der Waals surface area (Å²) in [6.45, 7) is 0.634. The van der Waals surface area contributed by atoms with Crippen molar-refractivity contribution in [1.82, 2.24) is 10.2 Å². The number of amides is 1. The molecule has 1 saturated heterocycles. The molecule has 4 nitrogen and oxygen atoms in total. The molecule has 0 aliphatic carbocycles. The van der Waals surface area contributed by atoms with Gasteiger partial charge >= 0.3 is 194 Å². The molecular formula is C24H21BrN3OPS. The molecular weight excluding hydrogens is 489 g/mol. The number of aromatic nitrogens is 2. The Morgan fingerprint density at radius 2 is 1.32 bits per heavy atom. The van der Waals surface area contributed by atoms with Gasteiger partial charge in [-0.25, -0.2) is 0 Å². The molecule has 1 aliphatic rings. The van der Waals surface area contributed by atoms with E-state index >= 15 is 0 Å². The van der Waals surface area contributed by atoms with Gasteiger partial charge in [0, 0.05) is 0 Å². The molecule has 31 heavy (non-hydrogen) atoms. The Kier molecular flexibility index (Phi) is 5.25. The van der Waals surface area contributed by atoms with Gasteiger partial charge in [-0.1, -0.05) is 0 Å². The SMILES string of the molecule is O=C1C(P(Br)(c2ccccc2)(c2ccccc2)c2ccccc2)CCN1c1nncs1. The summed E-state index contributed by atoms with van der Waals surface area (Å²) in [5.41, 5.74) is 1.43. The number of carbonyl (C=O) groups is 1. The first-order valence-electron chi connectivity index (χ1n) is 10.1. The molecule has 1 fully saturated rings. The number of benzene rings is 3. The van der Waals surface area contributed by atoms with Gasteiger partial charge in [0.15, 0.2) is 0 Å². The van der Waals surface area contributed by atoms with Crippen LogP contribution in [-0.4, -0.2) is 28.3 Å². The second kappa shape index (κ2) is 7.94. The Bertz CT molecular complexity index is 1090. The standard InChI is InChI=1S/C24H21BrN3OPS/c25-30(19-10-4-1-5-11-19,20-12-6-2-7-13-20,21-14-8-3-9-15-21)22-16-17-28(23(22)29)24-27-26-18-31-24/h1-15,18,22H,16-17H2. The molecule has 1 aliphatic heterocycles. The van der Waals surface area contributed by atoms with Gasteiger partial charge in [-0.3, -0.25) is 0 Å². The van der Waals surface area contributed by atoms with Gasteiger partial charge in [-0.2, -0.15) is 0 Å². The van der Waals surface area contributed by atoms with Gasteiger partial charge < -0.3 is 0 Å². The summed E-state index contributed by atoms with van der Waals surface area (Å²) >= 11 is 5.83. The number of halogens is 1. The molecule has 3 aromatic carbocycles. The zero-order valence-electron chi connectivity index (χ0n) is 16.7. The van der Waals surface area contributed by atoms with Crippen LogP contribution < -0.4 is 20.8 Å². The summed E-state index contributed by atoms with van der Waals surface area (Å²) in [4.78, 5) is 15.8. The van der Waals surface area contributed by atoms with Crippen molar-refractivity contribution in [2.45, 2.75) is 12.1 Å². The predicted molar refractivity (Wildman–Crippen MR) is 135 cm³/mol. The Balaban J connectivity index is 1.83. The van der Waals surface area contributed by atoms with E-state index in [1.165, 1.54) is 11.3 Å². The normalized spacial score (nSPS) is 18.0. The van der Waals surface area contributed by atoms with Crippen LogP contribution >= 0.6 is 32.1 Å². The second-order valence-electron chi connectivity index (χ2n) is 7.60. The maximum atomic E-state index is 14.0. The van der Waals surface area contributed by atoms with E-state index in [9.17, 15) is 4.79 Å². The molecule has 0 bridgehead atoms. The Morgan fingerprint density at radius 1 is 0.839 bits per heavy atom. The molecule has 1 aromatic heterocycles. The average Bonchev–Trinajstić information content (AvgIpc) is 3.50. The van der Waals surface area contributed by atoms with E-state index in [0.29, 0.717) is 11.7 Å². The first-order chi connectivity index (χ1) is 15.1. The molecule has 7 heteroatoms. The van der Waals surface area contributed by atoms with Gasteiger partial charge in [0.05, 0.1) is 0 Å². The van der Waals surface area contributed by atoms with Crippen molar-refractivity contribution >= 4 is 59.1 Å². The Labute approximate surface area is 193 Å². The summed E-state index contributed by atoms with van der Waals surface area (Å²) < 4.78 is 0.